The molecular weight excluding hydrogens is 707 g/mol. The van der Waals surface area contributed by atoms with Gasteiger partial charge in [0.2, 0.25) is 5.91 Å². The van der Waals surface area contributed by atoms with Gasteiger partial charge < -0.3 is 33.9 Å². The molecule has 2 fully saturated rings. The summed E-state index contributed by atoms with van der Waals surface area (Å²) in [5.74, 6) is -0.353. The molecule has 3 heterocycles. The first kappa shape index (κ1) is 39.0. The van der Waals surface area contributed by atoms with Gasteiger partial charge in [-0.3, -0.25) is 19.3 Å². The van der Waals surface area contributed by atoms with Gasteiger partial charge in [0.1, 0.15) is 12.4 Å². The fraction of sp³-hybridized carbons (Fsp3) is 0.463. The SMILES string of the molecule is COC(=O)CCCCN1C(=O)[C@@]2(O[C@@H](CC(=O)N(CCO)Cc3ccccc3)[C@H]([Si](C)(C)c3ccc(OC)cc3)[C@H]2C)c2cc(N3CCOC3=O)ccc21. The minimum atomic E-state index is -2.57. The summed E-state index contributed by atoms with van der Waals surface area (Å²) in [6, 6.07) is 23.2. The van der Waals surface area contributed by atoms with E-state index in [-0.39, 0.29) is 61.8 Å². The molecular formula is C41H51N3O9Si. The summed E-state index contributed by atoms with van der Waals surface area (Å²) in [6.07, 6.45) is 0.232. The van der Waals surface area contributed by atoms with Gasteiger partial charge in [-0.2, -0.15) is 0 Å². The lowest BCUT2D eigenvalue weighted by atomic mass is 9.82. The van der Waals surface area contributed by atoms with Crippen molar-refractivity contribution in [2.24, 2.45) is 5.92 Å². The van der Waals surface area contributed by atoms with E-state index < -0.39 is 25.9 Å². The highest BCUT2D eigenvalue weighted by Gasteiger charge is 2.66. The number of esters is 1. The first-order valence-electron chi connectivity index (χ1n) is 18.7. The Bertz CT molecular complexity index is 1840. The molecule has 54 heavy (non-hydrogen) atoms. The molecule has 13 heteroatoms. The van der Waals surface area contributed by atoms with Gasteiger partial charge in [-0.15, -0.1) is 0 Å². The Morgan fingerprint density at radius 3 is 2.41 bits per heavy atom. The summed E-state index contributed by atoms with van der Waals surface area (Å²) in [7, 11) is 0.413. The van der Waals surface area contributed by atoms with E-state index in [1.807, 2.05) is 60.7 Å². The highest BCUT2D eigenvalue weighted by atomic mass is 28.3. The molecule has 1 spiro atoms. The number of cyclic esters (lactones) is 1. The highest BCUT2D eigenvalue weighted by Crippen LogP contribution is 2.60. The molecule has 0 aromatic heterocycles. The fourth-order valence-electron chi connectivity index (χ4n) is 8.68. The van der Waals surface area contributed by atoms with E-state index in [2.05, 4.69) is 32.2 Å². The van der Waals surface area contributed by atoms with Crippen molar-refractivity contribution in [3.8, 4) is 5.75 Å². The molecule has 1 N–H and O–H groups in total. The third-order valence-electron chi connectivity index (χ3n) is 11.4. The van der Waals surface area contributed by atoms with Crippen LogP contribution in [0.2, 0.25) is 18.6 Å². The van der Waals surface area contributed by atoms with Crippen molar-refractivity contribution in [1.29, 1.82) is 0 Å². The monoisotopic (exact) mass is 757 g/mol. The van der Waals surface area contributed by atoms with Crippen LogP contribution in [0.4, 0.5) is 16.2 Å². The number of methoxy groups -OCH3 is 2. The number of hydrogen-bond acceptors (Lipinski definition) is 9. The van der Waals surface area contributed by atoms with E-state index >= 15 is 4.79 Å². The van der Waals surface area contributed by atoms with Crippen LogP contribution in [-0.2, 0) is 40.7 Å². The van der Waals surface area contributed by atoms with Gasteiger partial charge >= 0.3 is 12.1 Å². The Hall–Kier alpha value is -4.72. The van der Waals surface area contributed by atoms with Crippen LogP contribution in [0, 0.1) is 5.92 Å². The zero-order chi connectivity index (χ0) is 38.6. The molecule has 12 nitrogen and oxygen atoms in total. The van der Waals surface area contributed by atoms with Gasteiger partial charge in [-0.1, -0.05) is 67.7 Å². The van der Waals surface area contributed by atoms with Crippen molar-refractivity contribution in [1.82, 2.24) is 4.90 Å². The lowest BCUT2D eigenvalue weighted by molar-refractivity contribution is -0.149. The molecule has 6 rings (SSSR count). The van der Waals surface area contributed by atoms with Gasteiger partial charge in [0, 0.05) is 43.2 Å². The standard InChI is InChI=1S/C41H51N3O9Si/c1-28-38(54(4,5)32-17-15-31(50-2)16-18-32)35(26-36(46)42(21-23-45)27-29-11-7-6-8-12-29)53-41(28)33-25-30(43-22-24-52-40(43)49)14-19-34(33)44(39(41)48)20-10-9-13-37(47)51-3/h6-8,11-12,14-19,25,28,35,38,45H,9-10,13,20-24,26-27H2,1-5H3/t28-,35+,38-,41+/m1/s1. The van der Waals surface area contributed by atoms with Crippen molar-refractivity contribution < 1.29 is 43.2 Å². The molecule has 3 aromatic rings. The van der Waals surface area contributed by atoms with Crippen LogP contribution >= 0.6 is 0 Å². The molecule has 288 valence electrons. The third kappa shape index (κ3) is 7.36. The lowest BCUT2D eigenvalue weighted by Crippen LogP contribution is -2.52. The number of benzene rings is 3. The lowest BCUT2D eigenvalue weighted by Gasteiger charge is -2.37. The summed E-state index contributed by atoms with van der Waals surface area (Å²) in [6.45, 7) is 7.85. The molecule has 3 amide bonds. The molecule has 0 unspecified atom stereocenters. The van der Waals surface area contributed by atoms with Crippen molar-refractivity contribution in [2.45, 2.75) is 69.5 Å². The number of aliphatic hydroxyl groups is 1. The number of ether oxygens (including phenoxy) is 4. The van der Waals surface area contributed by atoms with E-state index in [1.165, 1.54) is 7.11 Å². The molecule has 3 aliphatic heterocycles. The minimum absolute atomic E-state index is 0.00998. The average molecular weight is 758 g/mol. The number of amides is 3. The van der Waals surface area contributed by atoms with Crippen LogP contribution in [-0.4, -0.2) is 95.1 Å². The summed E-state index contributed by atoms with van der Waals surface area (Å²) in [4.78, 5) is 59.1. The molecule has 3 aromatic carbocycles. The Balaban J connectivity index is 1.43. The van der Waals surface area contributed by atoms with E-state index in [4.69, 9.17) is 18.9 Å². The Morgan fingerprint density at radius 1 is 1.02 bits per heavy atom. The zero-order valence-corrected chi connectivity index (χ0v) is 32.8. The Kier molecular flexibility index (Phi) is 11.8. The first-order chi connectivity index (χ1) is 26.0. The first-order valence-corrected chi connectivity index (χ1v) is 21.8. The predicted octanol–water partition coefficient (Wildman–Crippen LogP) is 4.97. The molecule has 0 bridgehead atoms. The Labute approximate surface area is 317 Å². The Morgan fingerprint density at radius 2 is 1.76 bits per heavy atom. The smallest absolute Gasteiger partial charge is 0.414 e. The largest absolute Gasteiger partial charge is 0.497 e. The summed E-state index contributed by atoms with van der Waals surface area (Å²) >= 11 is 0. The topological polar surface area (TPSA) is 135 Å². The van der Waals surface area contributed by atoms with E-state index in [9.17, 15) is 19.5 Å². The van der Waals surface area contributed by atoms with Crippen molar-refractivity contribution in [2.75, 3.05) is 56.9 Å². The molecule has 4 atom stereocenters. The maximum atomic E-state index is 15.2. The van der Waals surface area contributed by atoms with Gasteiger partial charge in [0.05, 0.1) is 53.7 Å². The zero-order valence-electron chi connectivity index (χ0n) is 31.8. The van der Waals surface area contributed by atoms with Crippen LogP contribution < -0.4 is 19.7 Å². The van der Waals surface area contributed by atoms with Crippen molar-refractivity contribution in [3.05, 3.63) is 83.9 Å². The molecule has 2 saturated heterocycles. The van der Waals surface area contributed by atoms with Crippen LogP contribution in [0.25, 0.3) is 0 Å². The second kappa shape index (κ2) is 16.3. The van der Waals surface area contributed by atoms with Gasteiger partial charge in [-0.25, -0.2) is 4.79 Å². The number of nitrogens with zero attached hydrogens (tertiary/aromatic N) is 3. The number of anilines is 2. The molecule has 0 radical (unpaired) electrons. The summed E-state index contributed by atoms with van der Waals surface area (Å²) < 4.78 is 22.8. The molecule has 3 aliphatic rings. The van der Waals surface area contributed by atoms with Gasteiger partial charge in [-0.05, 0) is 54.3 Å². The third-order valence-corrected chi connectivity index (χ3v) is 15.8. The second-order valence-corrected chi connectivity index (χ2v) is 19.5. The molecule has 0 saturated carbocycles. The summed E-state index contributed by atoms with van der Waals surface area (Å²) in [5.41, 5.74) is 1.22. The second-order valence-electron chi connectivity index (χ2n) is 14.8. The predicted molar refractivity (Wildman–Crippen MR) is 206 cm³/mol. The van der Waals surface area contributed by atoms with Crippen LogP contribution in [0.15, 0.2) is 72.8 Å². The minimum Gasteiger partial charge on any atom is -0.497 e. The van der Waals surface area contributed by atoms with E-state index in [0.717, 1.165) is 16.5 Å². The van der Waals surface area contributed by atoms with Gasteiger partial charge in [0.15, 0.2) is 5.60 Å². The van der Waals surface area contributed by atoms with E-state index in [1.54, 1.807) is 21.8 Å². The van der Waals surface area contributed by atoms with Crippen LogP contribution in [0.5, 0.6) is 5.75 Å². The van der Waals surface area contributed by atoms with Crippen molar-refractivity contribution in [3.63, 3.8) is 0 Å². The number of fused-ring (bicyclic) bond motifs is 2. The van der Waals surface area contributed by atoms with E-state index in [0.29, 0.717) is 49.4 Å². The average Bonchev–Trinajstić information content (AvgIpc) is 3.81. The van der Waals surface area contributed by atoms with Gasteiger partial charge in [0.25, 0.3) is 5.91 Å². The fourth-order valence-corrected chi connectivity index (χ4v) is 12.7. The number of aliphatic hydroxyl groups excluding tert-OH is 1. The number of carbonyl (C=O) groups is 4. The number of hydrogen-bond donors (Lipinski definition) is 1. The number of rotatable bonds is 15. The van der Waals surface area contributed by atoms with Crippen molar-refractivity contribution >= 4 is 48.5 Å². The van der Waals surface area contributed by atoms with Crippen LogP contribution in [0.1, 0.15) is 43.7 Å². The maximum Gasteiger partial charge on any atom is 0.414 e. The quantitative estimate of drug-likeness (QED) is 0.130. The highest BCUT2D eigenvalue weighted by molar-refractivity contribution is 6.91. The maximum absolute atomic E-state index is 15.2. The van der Waals surface area contributed by atoms with Crippen LogP contribution in [0.3, 0.4) is 0 Å². The number of unbranched alkanes of at least 4 members (excludes halogenated alkanes) is 1. The summed E-state index contributed by atoms with van der Waals surface area (Å²) in [5, 5.41) is 11.1. The number of carbonyl (C=O) groups excluding carboxylic acids is 4. The normalized spacial score (nSPS) is 22.1. The molecule has 0 aliphatic carbocycles.